The van der Waals surface area contributed by atoms with Gasteiger partial charge in [0.05, 0.1) is 21.3 Å². The van der Waals surface area contributed by atoms with Crippen molar-refractivity contribution in [1.82, 2.24) is 5.32 Å². The Hall–Kier alpha value is -1.91. The van der Waals surface area contributed by atoms with Crippen LogP contribution in [-0.4, -0.2) is 21.3 Å². The molecule has 0 bridgehead atoms. The van der Waals surface area contributed by atoms with Crippen LogP contribution in [0.3, 0.4) is 0 Å². The maximum absolute atomic E-state index is 5.48. The number of hydrogen-bond donors (Lipinski definition) is 1. The third-order valence-corrected chi connectivity index (χ3v) is 3.55. The quantitative estimate of drug-likeness (QED) is 0.835. The second-order valence-electron chi connectivity index (χ2n) is 5.08. The summed E-state index contributed by atoms with van der Waals surface area (Å²) in [6, 6.07) is 12.4. The molecule has 126 valence electrons. The molecule has 0 amide bonds. The lowest BCUT2D eigenvalue weighted by Crippen LogP contribution is -2.13. The van der Waals surface area contributed by atoms with E-state index in [2.05, 4.69) is 36.5 Å². The smallest absolute Gasteiger partial charge is 0.203 e. The number of benzene rings is 2. The van der Waals surface area contributed by atoms with Gasteiger partial charge < -0.3 is 19.5 Å². The second kappa shape index (κ2) is 9.28. The summed E-state index contributed by atoms with van der Waals surface area (Å²) in [7, 11) is 4.87. The van der Waals surface area contributed by atoms with E-state index in [-0.39, 0.29) is 12.4 Å². The second-order valence-corrected chi connectivity index (χ2v) is 5.08. The molecule has 2 rings (SSSR count). The molecule has 0 unspecified atom stereocenters. The summed E-state index contributed by atoms with van der Waals surface area (Å²) in [6.07, 6.45) is 0. The maximum atomic E-state index is 5.48. The van der Waals surface area contributed by atoms with Crippen LogP contribution in [-0.2, 0) is 13.1 Å². The van der Waals surface area contributed by atoms with Gasteiger partial charge in [-0.3, -0.25) is 0 Å². The van der Waals surface area contributed by atoms with Gasteiger partial charge in [-0.2, -0.15) is 0 Å². The lowest BCUT2D eigenvalue weighted by molar-refractivity contribution is 0.321. The normalized spacial score (nSPS) is 9.91. The van der Waals surface area contributed by atoms with Crippen LogP contribution in [0, 0.1) is 6.92 Å². The Balaban J connectivity index is 0.00000264. The Morgan fingerprint density at radius 2 is 1.43 bits per heavy atom. The molecule has 1 N–H and O–H groups in total. The first-order chi connectivity index (χ1) is 10.7. The zero-order chi connectivity index (χ0) is 15.9. The molecule has 0 aliphatic rings. The van der Waals surface area contributed by atoms with E-state index in [1.165, 1.54) is 11.1 Å². The van der Waals surface area contributed by atoms with Gasteiger partial charge in [-0.15, -0.1) is 12.4 Å². The lowest BCUT2D eigenvalue weighted by Gasteiger charge is -2.16. The van der Waals surface area contributed by atoms with E-state index >= 15 is 0 Å². The third-order valence-electron chi connectivity index (χ3n) is 3.55. The van der Waals surface area contributed by atoms with E-state index in [1.54, 1.807) is 21.3 Å². The first-order valence-electron chi connectivity index (χ1n) is 7.23. The summed E-state index contributed by atoms with van der Waals surface area (Å²) in [5.74, 6) is 2.00. The Kier molecular flexibility index (Phi) is 7.72. The maximum Gasteiger partial charge on any atom is 0.203 e. The van der Waals surface area contributed by atoms with Crippen LogP contribution in [0.25, 0.3) is 0 Å². The number of nitrogens with one attached hydrogen (secondary N) is 1. The molecular formula is C18H24ClNO3. The Bertz CT molecular complexity index is 614. The minimum Gasteiger partial charge on any atom is -0.493 e. The van der Waals surface area contributed by atoms with E-state index in [0.29, 0.717) is 23.8 Å². The summed E-state index contributed by atoms with van der Waals surface area (Å²) < 4.78 is 16.2. The molecule has 0 aliphatic carbocycles. The molecule has 0 spiro atoms. The summed E-state index contributed by atoms with van der Waals surface area (Å²) in [5, 5.41) is 3.42. The monoisotopic (exact) mass is 337 g/mol. The van der Waals surface area contributed by atoms with Gasteiger partial charge in [0.1, 0.15) is 0 Å². The molecule has 0 saturated heterocycles. The SMILES string of the molecule is COc1ccc(CNCc2ccc(C)cc2)c(OC)c1OC.Cl. The van der Waals surface area contributed by atoms with Gasteiger partial charge in [0, 0.05) is 18.7 Å². The topological polar surface area (TPSA) is 39.7 Å². The van der Waals surface area contributed by atoms with Gasteiger partial charge in [0.15, 0.2) is 11.5 Å². The highest BCUT2D eigenvalue weighted by atomic mass is 35.5. The van der Waals surface area contributed by atoms with Crippen molar-refractivity contribution in [2.24, 2.45) is 0 Å². The van der Waals surface area contributed by atoms with Crippen molar-refractivity contribution < 1.29 is 14.2 Å². The fraction of sp³-hybridized carbons (Fsp3) is 0.333. The molecule has 0 saturated carbocycles. The average Bonchev–Trinajstić information content (AvgIpc) is 2.55. The molecule has 23 heavy (non-hydrogen) atoms. The highest BCUT2D eigenvalue weighted by molar-refractivity contribution is 5.85. The number of aryl methyl sites for hydroxylation is 1. The van der Waals surface area contributed by atoms with Gasteiger partial charge >= 0.3 is 0 Å². The molecule has 0 fully saturated rings. The van der Waals surface area contributed by atoms with Crippen molar-refractivity contribution >= 4 is 12.4 Å². The van der Waals surface area contributed by atoms with Crippen LogP contribution in [0.15, 0.2) is 36.4 Å². The van der Waals surface area contributed by atoms with Crippen molar-refractivity contribution in [3.05, 3.63) is 53.1 Å². The number of hydrogen-bond acceptors (Lipinski definition) is 4. The molecular weight excluding hydrogens is 314 g/mol. The minimum absolute atomic E-state index is 0. The highest BCUT2D eigenvalue weighted by Gasteiger charge is 2.15. The van der Waals surface area contributed by atoms with Gasteiger partial charge in [0.25, 0.3) is 0 Å². The average molecular weight is 338 g/mol. The van der Waals surface area contributed by atoms with E-state index in [9.17, 15) is 0 Å². The van der Waals surface area contributed by atoms with Crippen LogP contribution in [0.2, 0.25) is 0 Å². The predicted molar refractivity (Wildman–Crippen MR) is 95.1 cm³/mol. The lowest BCUT2D eigenvalue weighted by atomic mass is 10.1. The molecule has 0 aliphatic heterocycles. The summed E-state index contributed by atoms with van der Waals surface area (Å²) in [5.41, 5.74) is 3.56. The van der Waals surface area contributed by atoms with Crippen molar-refractivity contribution in [3.8, 4) is 17.2 Å². The molecule has 0 radical (unpaired) electrons. The van der Waals surface area contributed by atoms with E-state index in [1.807, 2.05) is 12.1 Å². The third kappa shape index (κ3) is 4.78. The van der Waals surface area contributed by atoms with Crippen molar-refractivity contribution in [2.45, 2.75) is 20.0 Å². The summed E-state index contributed by atoms with van der Waals surface area (Å²) in [4.78, 5) is 0. The van der Waals surface area contributed by atoms with Crippen molar-refractivity contribution in [2.75, 3.05) is 21.3 Å². The Morgan fingerprint density at radius 3 is 2.00 bits per heavy atom. The van der Waals surface area contributed by atoms with Gasteiger partial charge in [-0.05, 0) is 18.6 Å². The van der Waals surface area contributed by atoms with Crippen LogP contribution < -0.4 is 19.5 Å². The van der Waals surface area contributed by atoms with Crippen LogP contribution >= 0.6 is 12.4 Å². The number of rotatable bonds is 7. The molecule has 0 heterocycles. The van der Waals surface area contributed by atoms with Crippen molar-refractivity contribution in [3.63, 3.8) is 0 Å². The Labute approximate surface area is 144 Å². The predicted octanol–water partition coefficient (Wildman–Crippen LogP) is 3.73. The summed E-state index contributed by atoms with van der Waals surface area (Å²) in [6.45, 7) is 3.58. The van der Waals surface area contributed by atoms with Gasteiger partial charge in [0.2, 0.25) is 5.75 Å². The van der Waals surface area contributed by atoms with Crippen LogP contribution in [0.1, 0.15) is 16.7 Å². The van der Waals surface area contributed by atoms with E-state index < -0.39 is 0 Å². The fourth-order valence-electron chi connectivity index (χ4n) is 2.35. The van der Waals surface area contributed by atoms with Gasteiger partial charge in [-0.1, -0.05) is 35.9 Å². The molecule has 5 heteroatoms. The highest BCUT2D eigenvalue weighted by Crippen LogP contribution is 2.39. The van der Waals surface area contributed by atoms with E-state index in [0.717, 1.165) is 12.1 Å². The number of ether oxygens (including phenoxy) is 3. The molecule has 2 aromatic rings. The molecule has 0 aromatic heterocycles. The first-order valence-corrected chi connectivity index (χ1v) is 7.23. The van der Waals surface area contributed by atoms with Crippen molar-refractivity contribution in [1.29, 1.82) is 0 Å². The van der Waals surface area contributed by atoms with E-state index in [4.69, 9.17) is 14.2 Å². The van der Waals surface area contributed by atoms with Crippen LogP contribution in [0.4, 0.5) is 0 Å². The van der Waals surface area contributed by atoms with Crippen LogP contribution in [0.5, 0.6) is 17.2 Å². The fourth-order valence-corrected chi connectivity index (χ4v) is 2.35. The molecule has 4 nitrogen and oxygen atoms in total. The molecule has 0 atom stereocenters. The zero-order valence-electron chi connectivity index (χ0n) is 14.0. The number of halogens is 1. The van der Waals surface area contributed by atoms with Gasteiger partial charge in [-0.25, -0.2) is 0 Å². The number of methoxy groups -OCH3 is 3. The zero-order valence-corrected chi connectivity index (χ0v) is 14.8. The minimum atomic E-state index is 0. The summed E-state index contributed by atoms with van der Waals surface area (Å²) >= 11 is 0. The largest absolute Gasteiger partial charge is 0.493 e. The standard InChI is InChI=1S/C18H23NO3.ClH/c1-13-5-7-14(8-6-13)11-19-12-15-9-10-16(20-2)18(22-4)17(15)21-3;/h5-10,19H,11-12H2,1-4H3;1H. The first kappa shape index (κ1) is 19.1. The molecule has 2 aromatic carbocycles. The Morgan fingerprint density at radius 1 is 0.783 bits per heavy atom.